The van der Waals surface area contributed by atoms with Gasteiger partial charge in [-0.1, -0.05) is 31.4 Å². The highest BCUT2D eigenvalue weighted by Crippen LogP contribution is 2.29. The quantitative estimate of drug-likeness (QED) is 0.703. The molecule has 1 saturated carbocycles. The minimum Gasteiger partial charge on any atom is -0.495 e. The summed E-state index contributed by atoms with van der Waals surface area (Å²) in [6, 6.07) is 13.8. The van der Waals surface area contributed by atoms with E-state index in [-0.39, 0.29) is 5.69 Å². The Labute approximate surface area is 153 Å². The Morgan fingerprint density at radius 1 is 1.15 bits per heavy atom. The smallest absolute Gasteiger partial charge is 0.326 e. The molecule has 4 rings (SSSR count). The maximum Gasteiger partial charge on any atom is 0.326 e. The van der Waals surface area contributed by atoms with Gasteiger partial charge in [0.05, 0.1) is 23.8 Å². The Balaban J connectivity index is 1.61. The summed E-state index contributed by atoms with van der Waals surface area (Å²) in [5.74, 6) is 1.41. The summed E-state index contributed by atoms with van der Waals surface area (Å²) in [6.07, 6.45) is 6.36. The molecule has 0 amide bonds. The number of ether oxygens (including phenoxy) is 1. The Morgan fingerprint density at radius 3 is 2.77 bits per heavy atom. The van der Waals surface area contributed by atoms with Gasteiger partial charge in [-0.05, 0) is 49.1 Å². The number of anilines is 2. The first-order valence-electron chi connectivity index (χ1n) is 9.37. The van der Waals surface area contributed by atoms with Crippen LogP contribution in [0.15, 0.2) is 47.3 Å². The van der Waals surface area contributed by atoms with Crippen LogP contribution in [0.3, 0.4) is 0 Å². The second-order valence-corrected chi connectivity index (χ2v) is 7.10. The largest absolute Gasteiger partial charge is 0.495 e. The summed E-state index contributed by atoms with van der Waals surface area (Å²) in [4.78, 5) is 15.5. The number of nitrogens with zero attached hydrogens (tertiary/aromatic N) is 1. The van der Waals surface area contributed by atoms with Crippen molar-refractivity contribution in [3.63, 3.8) is 0 Å². The monoisotopic (exact) mass is 351 g/mol. The number of imidazole rings is 1. The van der Waals surface area contributed by atoms with Crippen molar-refractivity contribution in [2.45, 2.75) is 38.6 Å². The van der Waals surface area contributed by atoms with E-state index in [0.717, 1.165) is 34.7 Å². The Hall–Kier alpha value is -2.69. The third-order valence-corrected chi connectivity index (χ3v) is 5.33. The maximum absolute atomic E-state index is 12.4. The average molecular weight is 351 g/mol. The summed E-state index contributed by atoms with van der Waals surface area (Å²) in [5.41, 5.74) is 3.66. The number of rotatable bonds is 5. The number of aromatic amines is 1. The molecular formula is C21H25N3O2. The number of H-pyrrole nitrogens is 1. The molecule has 1 fully saturated rings. The van der Waals surface area contributed by atoms with E-state index in [9.17, 15) is 4.79 Å². The lowest BCUT2D eigenvalue weighted by molar-refractivity contribution is 0.319. The molecule has 136 valence electrons. The predicted octanol–water partition coefficient (Wildman–Crippen LogP) is 4.66. The topological polar surface area (TPSA) is 59.0 Å². The van der Waals surface area contributed by atoms with Gasteiger partial charge in [0.2, 0.25) is 0 Å². The highest BCUT2D eigenvalue weighted by molar-refractivity contribution is 5.81. The molecule has 0 spiro atoms. The van der Waals surface area contributed by atoms with E-state index in [1.54, 1.807) is 7.11 Å². The molecule has 5 nitrogen and oxygen atoms in total. The lowest BCUT2D eigenvalue weighted by Crippen LogP contribution is -2.22. The van der Waals surface area contributed by atoms with Gasteiger partial charge >= 0.3 is 5.69 Å². The molecule has 0 aliphatic heterocycles. The molecule has 26 heavy (non-hydrogen) atoms. The molecule has 0 unspecified atom stereocenters. The van der Waals surface area contributed by atoms with Crippen molar-refractivity contribution in [3.8, 4) is 5.75 Å². The van der Waals surface area contributed by atoms with Crippen molar-refractivity contribution in [1.29, 1.82) is 0 Å². The Bertz CT molecular complexity index is 951. The molecule has 1 heterocycles. The molecular weight excluding hydrogens is 326 g/mol. The molecule has 0 bridgehead atoms. The van der Waals surface area contributed by atoms with Crippen LogP contribution in [0.25, 0.3) is 11.0 Å². The lowest BCUT2D eigenvalue weighted by atomic mass is 9.89. The summed E-state index contributed by atoms with van der Waals surface area (Å²) < 4.78 is 7.29. The average Bonchev–Trinajstić information content (AvgIpc) is 2.98. The van der Waals surface area contributed by atoms with E-state index in [1.165, 1.54) is 32.1 Å². The van der Waals surface area contributed by atoms with Crippen LogP contribution in [0.4, 0.5) is 11.4 Å². The van der Waals surface area contributed by atoms with Gasteiger partial charge < -0.3 is 15.0 Å². The number of nitrogens with one attached hydrogen (secondary N) is 2. The van der Waals surface area contributed by atoms with Crippen LogP contribution in [0.1, 0.15) is 32.1 Å². The third kappa shape index (κ3) is 3.34. The molecule has 0 atom stereocenters. The number of fused-ring (bicyclic) bond motifs is 1. The van der Waals surface area contributed by atoms with Gasteiger partial charge in [0.1, 0.15) is 5.75 Å². The summed E-state index contributed by atoms with van der Waals surface area (Å²) in [7, 11) is 1.66. The second kappa shape index (κ2) is 7.28. The van der Waals surface area contributed by atoms with E-state index in [1.807, 2.05) is 47.0 Å². The number of benzene rings is 2. The number of methoxy groups -OCH3 is 1. The molecule has 2 aromatic carbocycles. The molecule has 5 heteroatoms. The van der Waals surface area contributed by atoms with Crippen molar-refractivity contribution >= 4 is 22.4 Å². The van der Waals surface area contributed by atoms with Gasteiger partial charge in [-0.2, -0.15) is 0 Å². The van der Waals surface area contributed by atoms with Crippen molar-refractivity contribution < 1.29 is 4.74 Å². The SMILES string of the molecule is COc1ccccc1Nc1ccc2c(c1)[nH]c(=O)n2CC1CCCCC1. The molecule has 0 radical (unpaired) electrons. The van der Waals surface area contributed by atoms with Gasteiger partial charge in [-0.3, -0.25) is 4.57 Å². The second-order valence-electron chi connectivity index (χ2n) is 7.10. The number of hydrogen-bond donors (Lipinski definition) is 2. The molecule has 1 aliphatic carbocycles. The van der Waals surface area contributed by atoms with Gasteiger partial charge in [-0.25, -0.2) is 4.79 Å². The van der Waals surface area contributed by atoms with Crippen LogP contribution in [-0.2, 0) is 6.54 Å². The van der Waals surface area contributed by atoms with Crippen LogP contribution < -0.4 is 15.7 Å². The van der Waals surface area contributed by atoms with Crippen LogP contribution in [0.2, 0.25) is 0 Å². The normalized spacial score (nSPS) is 15.3. The van der Waals surface area contributed by atoms with E-state index < -0.39 is 0 Å². The minimum atomic E-state index is -0.0139. The zero-order valence-corrected chi connectivity index (χ0v) is 15.1. The van der Waals surface area contributed by atoms with Gasteiger partial charge in [0.15, 0.2) is 0 Å². The highest BCUT2D eigenvalue weighted by atomic mass is 16.5. The number of aromatic nitrogens is 2. The predicted molar refractivity (Wildman–Crippen MR) is 105 cm³/mol. The molecule has 1 aromatic heterocycles. The highest BCUT2D eigenvalue weighted by Gasteiger charge is 2.17. The summed E-state index contributed by atoms with van der Waals surface area (Å²) in [5, 5.41) is 3.37. The first kappa shape index (κ1) is 16.8. The molecule has 2 N–H and O–H groups in total. The first-order valence-corrected chi connectivity index (χ1v) is 9.37. The van der Waals surface area contributed by atoms with Crippen LogP contribution in [-0.4, -0.2) is 16.7 Å². The molecule has 0 saturated heterocycles. The lowest BCUT2D eigenvalue weighted by Gasteiger charge is -2.21. The zero-order chi connectivity index (χ0) is 17.9. The van der Waals surface area contributed by atoms with Crippen LogP contribution in [0, 0.1) is 5.92 Å². The molecule has 3 aromatic rings. The van der Waals surface area contributed by atoms with Crippen LogP contribution in [0.5, 0.6) is 5.75 Å². The van der Waals surface area contributed by atoms with E-state index in [2.05, 4.69) is 10.3 Å². The Kier molecular flexibility index (Phi) is 4.69. The Morgan fingerprint density at radius 2 is 1.96 bits per heavy atom. The maximum atomic E-state index is 12.4. The fourth-order valence-electron chi connectivity index (χ4n) is 3.95. The zero-order valence-electron chi connectivity index (χ0n) is 15.1. The van der Waals surface area contributed by atoms with Gasteiger partial charge in [0, 0.05) is 12.2 Å². The first-order chi connectivity index (χ1) is 12.7. The van der Waals surface area contributed by atoms with Gasteiger partial charge in [-0.15, -0.1) is 0 Å². The molecule has 1 aliphatic rings. The van der Waals surface area contributed by atoms with Crippen molar-refractivity contribution in [3.05, 3.63) is 52.9 Å². The van der Waals surface area contributed by atoms with E-state index >= 15 is 0 Å². The minimum absolute atomic E-state index is 0.0139. The van der Waals surface area contributed by atoms with Gasteiger partial charge in [0.25, 0.3) is 0 Å². The van der Waals surface area contributed by atoms with E-state index in [4.69, 9.17) is 4.74 Å². The van der Waals surface area contributed by atoms with Crippen LogP contribution >= 0.6 is 0 Å². The van der Waals surface area contributed by atoms with Crippen molar-refractivity contribution in [2.24, 2.45) is 5.92 Å². The summed E-state index contributed by atoms with van der Waals surface area (Å²) in [6.45, 7) is 0.818. The fraction of sp³-hybridized carbons (Fsp3) is 0.381. The number of hydrogen-bond acceptors (Lipinski definition) is 3. The van der Waals surface area contributed by atoms with Crippen molar-refractivity contribution in [2.75, 3.05) is 12.4 Å². The standard InChI is InChI=1S/C21H25N3O2/c1-26-20-10-6-5-9-17(20)22-16-11-12-19-18(13-16)23-21(25)24(19)14-15-7-3-2-4-8-15/h5-6,9-13,15,22H,2-4,7-8,14H2,1H3,(H,23,25). The van der Waals surface area contributed by atoms with Crippen molar-refractivity contribution in [1.82, 2.24) is 9.55 Å². The summed E-state index contributed by atoms with van der Waals surface area (Å²) >= 11 is 0. The fourth-order valence-corrected chi connectivity index (χ4v) is 3.95. The number of para-hydroxylation sites is 2. The third-order valence-electron chi connectivity index (χ3n) is 5.33. The van der Waals surface area contributed by atoms with E-state index in [0.29, 0.717) is 5.92 Å².